The van der Waals surface area contributed by atoms with E-state index in [9.17, 15) is 4.79 Å². The van der Waals surface area contributed by atoms with Crippen LogP contribution in [0.25, 0.3) is 0 Å². The van der Waals surface area contributed by atoms with Gasteiger partial charge >= 0.3 is 0 Å². The third-order valence-electron chi connectivity index (χ3n) is 6.53. The third-order valence-corrected chi connectivity index (χ3v) is 7.39. The molecule has 4 heterocycles. The molecule has 1 aliphatic heterocycles. The topological polar surface area (TPSA) is 41.4 Å². The minimum Gasteiger partial charge on any atom is -0.343 e. The minimum atomic E-state index is 0.150. The van der Waals surface area contributed by atoms with Gasteiger partial charge in [-0.2, -0.15) is 0 Å². The summed E-state index contributed by atoms with van der Waals surface area (Å²) < 4.78 is 2.26. The van der Waals surface area contributed by atoms with Crippen LogP contribution in [0.4, 0.5) is 0 Å². The molecule has 0 atom stereocenters. The molecule has 1 amide bonds. The van der Waals surface area contributed by atoms with Crippen LogP contribution >= 0.6 is 11.3 Å². The first kappa shape index (κ1) is 21.8. The van der Waals surface area contributed by atoms with E-state index >= 15 is 0 Å². The van der Waals surface area contributed by atoms with E-state index in [2.05, 4.69) is 57.9 Å². The second-order valence-electron chi connectivity index (χ2n) is 8.51. The second-order valence-corrected chi connectivity index (χ2v) is 9.54. The molecule has 0 unspecified atom stereocenters. The van der Waals surface area contributed by atoms with E-state index in [0.717, 1.165) is 68.1 Å². The number of hydrogen-bond donors (Lipinski definition) is 0. The van der Waals surface area contributed by atoms with Crippen LogP contribution < -0.4 is 0 Å². The normalized spacial score (nSPS) is 15.3. The van der Waals surface area contributed by atoms with Crippen LogP contribution in [-0.2, 0) is 13.0 Å². The summed E-state index contributed by atoms with van der Waals surface area (Å²) in [6, 6.07) is 12.7. The van der Waals surface area contributed by atoms with Gasteiger partial charge in [-0.05, 0) is 56.3 Å². The second kappa shape index (κ2) is 9.79. The van der Waals surface area contributed by atoms with Crippen LogP contribution in [0.5, 0.6) is 0 Å². The van der Waals surface area contributed by atoms with Crippen LogP contribution in [0, 0.1) is 13.8 Å². The summed E-state index contributed by atoms with van der Waals surface area (Å²) in [5.41, 5.74) is 4.20. The van der Waals surface area contributed by atoms with Crippen LogP contribution in [0.2, 0.25) is 0 Å². The van der Waals surface area contributed by atoms with E-state index in [1.165, 1.54) is 4.88 Å². The summed E-state index contributed by atoms with van der Waals surface area (Å²) >= 11 is 1.76. The number of thiophene rings is 1. The number of carbonyl (C=O) groups is 1. The third kappa shape index (κ3) is 5.08. The monoisotopic (exact) mass is 436 g/mol. The van der Waals surface area contributed by atoms with Gasteiger partial charge in [0, 0.05) is 67.3 Å². The molecule has 0 bridgehead atoms. The molecule has 0 aliphatic carbocycles. The Morgan fingerprint density at radius 1 is 1.19 bits per heavy atom. The van der Waals surface area contributed by atoms with Crippen LogP contribution in [-0.4, -0.2) is 58.0 Å². The van der Waals surface area contributed by atoms with Gasteiger partial charge in [-0.1, -0.05) is 12.1 Å². The smallest absolute Gasteiger partial charge is 0.255 e. The first-order valence-electron chi connectivity index (χ1n) is 11.1. The maximum absolute atomic E-state index is 13.3. The van der Waals surface area contributed by atoms with E-state index in [1.807, 2.05) is 30.3 Å². The summed E-state index contributed by atoms with van der Waals surface area (Å²) in [6.07, 6.45) is 4.90. The highest BCUT2D eigenvalue weighted by atomic mass is 32.1. The average Bonchev–Trinajstić information content (AvgIpc) is 3.41. The molecule has 1 saturated heterocycles. The van der Waals surface area contributed by atoms with Gasteiger partial charge in [0.1, 0.15) is 0 Å². The Bertz CT molecular complexity index is 988. The molecule has 4 rings (SSSR count). The number of hydrogen-bond acceptors (Lipinski definition) is 4. The largest absolute Gasteiger partial charge is 0.343 e. The molecule has 1 aliphatic rings. The number of aryl methyl sites for hydroxylation is 1. The fraction of sp³-hybridized carbons (Fsp3) is 0.440. The Labute approximate surface area is 189 Å². The lowest BCUT2D eigenvalue weighted by Gasteiger charge is -2.36. The van der Waals surface area contributed by atoms with Crippen molar-refractivity contribution in [2.75, 3.05) is 26.7 Å². The molecule has 31 heavy (non-hydrogen) atoms. The first-order chi connectivity index (χ1) is 15.0. The Hall–Kier alpha value is -2.44. The molecule has 0 saturated carbocycles. The molecule has 3 aromatic rings. The highest BCUT2D eigenvalue weighted by Crippen LogP contribution is 2.23. The number of rotatable bonds is 7. The number of piperidine rings is 1. The van der Waals surface area contributed by atoms with Crippen molar-refractivity contribution in [3.8, 4) is 0 Å². The quantitative estimate of drug-likeness (QED) is 0.552. The maximum Gasteiger partial charge on any atom is 0.255 e. The van der Waals surface area contributed by atoms with E-state index in [0.29, 0.717) is 6.04 Å². The van der Waals surface area contributed by atoms with E-state index in [4.69, 9.17) is 0 Å². The van der Waals surface area contributed by atoms with Gasteiger partial charge in [-0.3, -0.25) is 9.78 Å². The molecule has 164 valence electrons. The van der Waals surface area contributed by atoms with Gasteiger partial charge < -0.3 is 14.4 Å². The molecule has 0 radical (unpaired) electrons. The predicted molar refractivity (Wildman–Crippen MR) is 127 cm³/mol. The Morgan fingerprint density at radius 2 is 2.00 bits per heavy atom. The highest BCUT2D eigenvalue weighted by Gasteiger charge is 2.28. The number of nitrogens with zero attached hydrogens (tertiary/aromatic N) is 4. The fourth-order valence-corrected chi connectivity index (χ4v) is 5.22. The number of likely N-dealkylation sites (tertiary alicyclic amines) is 1. The van der Waals surface area contributed by atoms with Crippen molar-refractivity contribution in [1.82, 2.24) is 19.4 Å². The lowest BCUT2D eigenvalue weighted by Crippen LogP contribution is -2.46. The number of carbonyl (C=O) groups excluding carboxylic acids is 1. The van der Waals surface area contributed by atoms with Gasteiger partial charge in [0.05, 0.1) is 12.1 Å². The zero-order valence-corrected chi connectivity index (χ0v) is 19.6. The predicted octanol–water partition coefficient (Wildman–Crippen LogP) is 4.39. The van der Waals surface area contributed by atoms with Gasteiger partial charge in [0.2, 0.25) is 0 Å². The van der Waals surface area contributed by atoms with Crippen molar-refractivity contribution < 1.29 is 4.79 Å². The summed E-state index contributed by atoms with van der Waals surface area (Å²) in [5, 5.41) is 2.10. The Morgan fingerprint density at radius 3 is 2.68 bits per heavy atom. The summed E-state index contributed by atoms with van der Waals surface area (Å²) in [4.78, 5) is 23.5. The van der Waals surface area contributed by atoms with Gasteiger partial charge in [-0.15, -0.1) is 11.3 Å². The summed E-state index contributed by atoms with van der Waals surface area (Å²) in [6.45, 7) is 8.10. The van der Waals surface area contributed by atoms with Crippen LogP contribution in [0.1, 0.15) is 45.2 Å². The molecular weight excluding hydrogens is 404 g/mol. The number of pyridine rings is 1. The van der Waals surface area contributed by atoms with Crippen molar-refractivity contribution in [2.24, 2.45) is 0 Å². The number of amides is 1. The van der Waals surface area contributed by atoms with Gasteiger partial charge in [-0.25, -0.2) is 0 Å². The summed E-state index contributed by atoms with van der Waals surface area (Å²) in [7, 11) is 1.97. The standard InChI is InChI=1S/C25H32N4OS/c1-19-17-24(20(2)29(19)18-23-8-6-16-31-23)25(30)27(3)22-10-14-28(15-11-22)13-9-21-7-4-5-12-26-21/h4-8,12,16-17,22H,9-11,13-15,18H2,1-3H3. The van der Waals surface area contributed by atoms with Crippen molar-refractivity contribution >= 4 is 17.2 Å². The van der Waals surface area contributed by atoms with Gasteiger partial charge in [0.25, 0.3) is 5.91 Å². The van der Waals surface area contributed by atoms with Crippen LogP contribution in [0.3, 0.4) is 0 Å². The lowest BCUT2D eigenvalue weighted by atomic mass is 10.0. The molecule has 5 nitrogen and oxygen atoms in total. The lowest BCUT2D eigenvalue weighted by molar-refractivity contribution is 0.0642. The summed E-state index contributed by atoms with van der Waals surface area (Å²) in [5.74, 6) is 0.150. The fourth-order valence-electron chi connectivity index (χ4n) is 4.52. The zero-order chi connectivity index (χ0) is 21.8. The number of aromatic nitrogens is 2. The first-order valence-corrected chi connectivity index (χ1v) is 12.0. The SMILES string of the molecule is Cc1cc(C(=O)N(C)C2CCN(CCc3ccccn3)CC2)c(C)n1Cc1cccs1. The van der Waals surface area contributed by atoms with Gasteiger partial charge in [0.15, 0.2) is 0 Å². The minimum absolute atomic E-state index is 0.150. The molecule has 3 aromatic heterocycles. The van der Waals surface area contributed by atoms with E-state index in [1.54, 1.807) is 11.3 Å². The van der Waals surface area contributed by atoms with E-state index < -0.39 is 0 Å². The molecule has 1 fully saturated rings. The van der Waals surface area contributed by atoms with Crippen molar-refractivity contribution in [2.45, 2.75) is 45.7 Å². The van der Waals surface area contributed by atoms with Crippen molar-refractivity contribution in [3.05, 3.63) is 75.5 Å². The molecule has 0 aromatic carbocycles. The van der Waals surface area contributed by atoms with Crippen molar-refractivity contribution in [1.29, 1.82) is 0 Å². The highest BCUT2D eigenvalue weighted by molar-refractivity contribution is 7.09. The Balaban J connectivity index is 1.33. The Kier molecular flexibility index (Phi) is 6.88. The molecular formula is C25H32N4OS. The molecule has 0 spiro atoms. The maximum atomic E-state index is 13.3. The molecule has 6 heteroatoms. The van der Waals surface area contributed by atoms with E-state index in [-0.39, 0.29) is 5.91 Å². The van der Waals surface area contributed by atoms with Crippen LogP contribution in [0.15, 0.2) is 48.0 Å². The zero-order valence-electron chi connectivity index (χ0n) is 18.8. The average molecular weight is 437 g/mol. The molecule has 0 N–H and O–H groups in total. The van der Waals surface area contributed by atoms with Crippen molar-refractivity contribution in [3.63, 3.8) is 0 Å².